The first-order chi connectivity index (χ1) is 13.8. The molecule has 0 aliphatic carbocycles. The molecule has 0 unspecified atom stereocenters. The van der Waals surface area contributed by atoms with Crippen LogP contribution in [-0.4, -0.2) is 20.2 Å². The molecule has 28 heavy (non-hydrogen) atoms. The lowest BCUT2D eigenvalue weighted by molar-refractivity contribution is 0.301. The minimum atomic E-state index is -0.323. The van der Waals surface area contributed by atoms with Crippen molar-refractivity contribution in [3.8, 4) is 17.1 Å². The molecule has 0 saturated heterocycles. The number of halogens is 1. The number of aromatic nitrogens is 4. The number of thioether (sulfide) groups is 1. The predicted octanol–water partition coefficient (Wildman–Crippen LogP) is 4.88. The maximum atomic E-state index is 13.8. The van der Waals surface area contributed by atoms with Crippen molar-refractivity contribution in [2.24, 2.45) is 0 Å². The van der Waals surface area contributed by atoms with Crippen molar-refractivity contribution < 1.29 is 9.13 Å². The highest BCUT2D eigenvalue weighted by Crippen LogP contribution is 2.24. The molecule has 1 N–H and O–H groups in total. The van der Waals surface area contributed by atoms with E-state index in [1.807, 2.05) is 42.5 Å². The van der Waals surface area contributed by atoms with Gasteiger partial charge in [-0.3, -0.25) is 10.1 Å². The van der Waals surface area contributed by atoms with Crippen LogP contribution in [0.5, 0.6) is 5.75 Å². The van der Waals surface area contributed by atoms with Crippen LogP contribution in [0.3, 0.4) is 0 Å². The van der Waals surface area contributed by atoms with E-state index in [1.165, 1.54) is 17.8 Å². The third-order valence-corrected chi connectivity index (χ3v) is 4.92. The van der Waals surface area contributed by atoms with Gasteiger partial charge in [-0.05, 0) is 42.0 Å². The molecule has 2 aromatic carbocycles. The molecule has 0 bridgehead atoms. The van der Waals surface area contributed by atoms with Gasteiger partial charge in [0.15, 0.2) is 5.82 Å². The summed E-state index contributed by atoms with van der Waals surface area (Å²) in [6.07, 6.45) is 1.75. The van der Waals surface area contributed by atoms with Gasteiger partial charge in [-0.15, -0.1) is 5.10 Å². The Morgan fingerprint density at radius 1 is 0.964 bits per heavy atom. The van der Waals surface area contributed by atoms with Gasteiger partial charge in [0.25, 0.3) is 0 Å². The second-order valence-corrected chi connectivity index (χ2v) is 6.93. The number of benzene rings is 2. The van der Waals surface area contributed by atoms with Gasteiger partial charge in [-0.1, -0.05) is 42.1 Å². The molecule has 0 atom stereocenters. The molecule has 0 radical (unpaired) electrons. The van der Waals surface area contributed by atoms with E-state index in [0.717, 1.165) is 17.0 Å². The van der Waals surface area contributed by atoms with Crippen LogP contribution in [-0.2, 0) is 12.4 Å². The average Bonchev–Trinajstić information content (AvgIpc) is 3.21. The van der Waals surface area contributed by atoms with Crippen LogP contribution in [0.4, 0.5) is 4.39 Å². The molecule has 0 amide bonds. The largest absolute Gasteiger partial charge is 0.487 e. The fraction of sp³-hybridized carbons (Fsp3) is 0.0952. The fourth-order valence-corrected chi connectivity index (χ4v) is 3.31. The summed E-state index contributed by atoms with van der Waals surface area (Å²) in [7, 11) is 0. The normalized spacial score (nSPS) is 10.8. The Hall–Kier alpha value is -3.19. The minimum Gasteiger partial charge on any atom is -0.487 e. The lowest BCUT2D eigenvalue weighted by Gasteiger charge is -2.06. The highest BCUT2D eigenvalue weighted by molar-refractivity contribution is 7.98. The summed E-state index contributed by atoms with van der Waals surface area (Å²) in [5, 5.41) is 7.53. The van der Waals surface area contributed by atoms with Gasteiger partial charge < -0.3 is 4.74 Å². The van der Waals surface area contributed by atoms with Crippen molar-refractivity contribution in [3.63, 3.8) is 0 Å². The molecule has 0 aliphatic rings. The number of hydrogen-bond acceptors (Lipinski definition) is 5. The zero-order chi connectivity index (χ0) is 19.2. The van der Waals surface area contributed by atoms with Crippen molar-refractivity contribution in [3.05, 3.63) is 90.0 Å². The molecule has 4 aromatic rings. The van der Waals surface area contributed by atoms with Gasteiger partial charge in [0.1, 0.15) is 18.2 Å². The Morgan fingerprint density at radius 3 is 2.57 bits per heavy atom. The zero-order valence-electron chi connectivity index (χ0n) is 14.9. The number of pyridine rings is 1. The van der Waals surface area contributed by atoms with E-state index in [9.17, 15) is 4.39 Å². The molecule has 0 fully saturated rings. The number of nitrogens with zero attached hydrogens (tertiary/aromatic N) is 3. The Bertz CT molecular complexity index is 1040. The standard InChI is InChI=1S/C21H17FN4OS/c22-19-7-2-1-6-18(19)20-24-21(26-25-20)28-14-15-8-10-17(11-9-15)27-13-16-5-3-4-12-23-16/h1-12H,13-14H2,(H,24,25,26). The molecule has 140 valence electrons. The van der Waals surface area contributed by atoms with E-state index in [4.69, 9.17) is 4.74 Å². The zero-order valence-corrected chi connectivity index (χ0v) is 15.7. The Kier molecular flexibility index (Phi) is 5.63. The fourth-order valence-electron chi connectivity index (χ4n) is 2.56. The summed E-state index contributed by atoms with van der Waals surface area (Å²) in [5.74, 6) is 1.60. The van der Waals surface area contributed by atoms with Crippen LogP contribution in [0, 0.1) is 5.82 Å². The quantitative estimate of drug-likeness (QED) is 0.454. The first-order valence-corrected chi connectivity index (χ1v) is 9.68. The number of aromatic amines is 1. The van der Waals surface area contributed by atoms with Gasteiger partial charge in [0.05, 0.1) is 11.3 Å². The minimum absolute atomic E-state index is 0.323. The number of H-pyrrole nitrogens is 1. The molecule has 7 heteroatoms. The van der Waals surface area contributed by atoms with Gasteiger partial charge in [0.2, 0.25) is 5.16 Å². The van der Waals surface area contributed by atoms with Crippen molar-refractivity contribution in [1.29, 1.82) is 0 Å². The smallest absolute Gasteiger partial charge is 0.209 e. The van der Waals surface area contributed by atoms with Gasteiger partial charge >= 0.3 is 0 Å². The van der Waals surface area contributed by atoms with E-state index in [0.29, 0.717) is 28.9 Å². The number of ether oxygens (including phenoxy) is 1. The van der Waals surface area contributed by atoms with Crippen LogP contribution in [0.1, 0.15) is 11.3 Å². The summed E-state index contributed by atoms with van der Waals surface area (Å²) in [4.78, 5) is 8.60. The molecule has 4 rings (SSSR count). The highest BCUT2D eigenvalue weighted by atomic mass is 32.2. The van der Waals surface area contributed by atoms with Crippen LogP contribution in [0.25, 0.3) is 11.4 Å². The van der Waals surface area contributed by atoms with Crippen LogP contribution in [0.2, 0.25) is 0 Å². The van der Waals surface area contributed by atoms with Crippen molar-refractivity contribution >= 4 is 11.8 Å². The topological polar surface area (TPSA) is 63.7 Å². The van der Waals surface area contributed by atoms with Crippen molar-refractivity contribution in [2.45, 2.75) is 17.5 Å². The van der Waals surface area contributed by atoms with Gasteiger partial charge in [-0.25, -0.2) is 9.37 Å². The molecule has 2 heterocycles. The second kappa shape index (κ2) is 8.67. The lowest BCUT2D eigenvalue weighted by atomic mass is 10.2. The first kappa shape index (κ1) is 18.2. The van der Waals surface area contributed by atoms with E-state index in [2.05, 4.69) is 20.2 Å². The molecule has 2 aromatic heterocycles. The predicted molar refractivity (Wildman–Crippen MR) is 106 cm³/mol. The molecule has 0 spiro atoms. The maximum absolute atomic E-state index is 13.8. The summed E-state index contributed by atoms with van der Waals surface area (Å²) in [6, 6.07) is 20.1. The van der Waals surface area contributed by atoms with Crippen LogP contribution >= 0.6 is 11.8 Å². The third-order valence-electron chi connectivity index (χ3n) is 4.00. The maximum Gasteiger partial charge on any atom is 0.209 e. The number of nitrogens with one attached hydrogen (secondary N) is 1. The van der Waals surface area contributed by atoms with Gasteiger partial charge in [0, 0.05) is 11.9 Å². The lowest BCUT2D eigenvalue weighted by Crippen LogP contribution is -1.97. The summed E-state index contributed by atoms with van der Waals surface area (Å²) in [5.41, 5.74) is 2.42. The Labute approximate surface area is 166 Å². The Balaban J connectivity index is 1.32. The Morgan fingerprint density at radius 2 is 1.79 bits per heavy atom. The molecule has 0 aliphatic heterocycles. The van der Waals surface area contributed by atoms with E-state index in [-0.39, 0.29) is 5.82 Å². The molecule has 5 nitrogen and oxygen atoms in total. The summed E-state index contributed by atoms with van der Waals surface area (Å²) < 4.78 is 19.6. The number of rotatable bonds is 7. The monoisotopic (exact) mass is 392 g/mol. The molecular formula is C21H17FN4OS. The van der Waals surface area contributed by atoms with E-state index in [1.54, 1.807) is 24.4 Å². The van der Waals surface area contributed by atoms with Crippen molar-refractivity contribution in [2.75, 3.05) is 0 Å². The van der Waals surface area contributed by atoms with Crippen LogP contribution in [0.15, 0.2) is 78.1 Å². The van der Waals surface area contributed by atoms with E-state index < -0.39 is 0 Å². The van der Waals surface area contributed by atoms with Gasteiger partial charge in [-0.2, -0.15) is 0 Å². The van der Waals surface area contributed by atoms with E-state index >= 15 is 0 Å². The highest BCUT2D eigenvalue weighted by Gasteiger charge is 2.10. The SMILES string of the molecule is Fc1ccccc1-c1nc(SCc2ccc(OCc3ccccn3)cc2)n[nH]1. The average molecular weight is 392 g/mol. The molecule has 0 saturated carbocycles. The first-order valence-electron chi connectivity index (χ1n) is 8.70. The number of hydrogen-bond donors (Lipinski definition) is 1. The van der Waals surface area contributed by atoms with Crippen LogP contribution < -0.4 is 4.74 Å². The second-order valence-electron chi connectivity index (χ2n) is 5.99. The molecular weight excluding hydrogens is 375 g/mol. The summed E-state index contributed by atoms with van der Waals surface area (Å²) in [6.45, 7) is 0.435. The summed E-state index contributed by atoms with van der Waals surface area (Å²) >= 11 is 1.48. The van der Waals surface area contributed by atoms with Crippen molar-refractivity contribution in [1.82, 2.24) is 20.2 Å². The third kappa shape index (κ3) is 4.55.